The predicted molar refractivity (Wildman–Crippen MR) is 99.5 cm³/mol. The molecule has 0 N–H and O–H groups in total. The first-order chi connectivity index (χ1) is 12.5. The van der Waals surface area contributed by atoms with Crippen LogP contribution in [0, 0.1) is 5.92 Å². The molecule has 2 atom stereocenters. The molecular weight excluding hydrogens is 354 g/mol. The van der Waals surface area contributed by atoms with Crippen LogP contribution in [0.4, 0.5) is 5.69 Å². The number of amides is 1. The fourth-order valence-corrected chi connectivity index (χ4v) is 3.08. The molecule has 6 heteroatoms. The summed E-state index contributed by atoms with van der Waals surface area (Å²) in [6.45, 7) is 1.80. The van der Waals surface area contributed by atoms with Crippen molar-refractivity contribution in [2.24, 2.45) is 5.92 Å². The topological polar surface area (TPSA) is 55.8 Å². The normalized spacial score (nSPS) is 16.8. The van der Waals surface area contributed by atoms with Crippen LogP contribution >= 0.6 is 11.6 Å². The zero-order valence-corrected chi connectivity index (χ0v) is 15.4. The number of hydrogen-bond donors (Lipinski definition) is 0. The van der Waals surface area contributed by atoms with E-state index in [0.717, 1.165) is 17.0 Å². The van der Waals surface area contributed by atoms with Crippen LogP contribution in [0.15, 0.2) is 48.5 Å². The molecule has 136 valence electrons. The van der Waals surface area contributed by atoms with E-state index in [9.17, 15) is 9.59 Å². The molecule has 0 aliphatic carbocycles. The summed E-state index contributed by atoms with van der Waals surface area (Å²) < 4.78 is 11.0. The van der Waals surface area contributed by atoms with Gasteiger partial charge in [0.25, 0.3) is 5.91 Å². The lowest BCUT2D eigenvalue weighted by Gasteiger charge is -2.26. The second-order valence-corrected chi connectivity index (χ2v) is 6.71. The molecule has 1 aliphatic rings. The number of para-hydroxylation sites is 1. The fourth-order valence-electron chi connectivity index (χ4n) is 2.89. The second-order valence-electron chi connectivity index (χ2n) is 6.28. The van der Waals surface area contributed by atoms with Crippen LogP contribution in [-0.4, -0.2) is 31.6 Å². The summed E-state index contributed by atoms with van der Waals surface area (Å²) in [7, 11) is 1.66. The average Bonchev–Trinajstić information content (AvgIpc) is 2.66. The van der Waals surface area contributed by atoms with E-state index in [-0.39, 0.29) is 12.5 Å². The van der Waals surface area contributed by atoms with Gasteiger partial charge in [0.05, 0.1) is 5.92 Å². The molecule has 1 heterocycles. The molecule has 1 aliphatic heterocycles. The summed E-state index contributed by atoms with van der Waals surface area (Å²) in [5.74, 6) is -0.465. The number of likely N-dealkylation sites (N-methyl/N-ethyl adjacent to an activating group) is 1. The molecule has 0 aromatic heterocycles. The number of carbonyl (C=O) groups is 2. The van der Waals surface area contributed by atoms with Crippen LogP contribution in [-0.2, 0) is 20.7 Å². The van der Waals surface area contributed by atoms with Crippen LogP contribution in [0.5, 0.6) is 5.75 Å². The SMILES string of the molecule is C[C@H](OC(=O)[C@H]1COc2ccc(Cl)cc2C1)C(=O)N(C)c1ccccc1. The smallest absolute Gasteiger partial charge is 0.313 e. The van der Waals surface area contributed by atoms with E-state index in [2.05, 4.69) is 0 Å². The van der Waals surface area contributed by atoms with Crippen molar-refractivity contribution in [3.8, 4) is 5.75 Å². The Morgan fingerprint density at radius 2 is 1.96 bits per heavy atom. The zero-order valence-electron chi connectivity index (χ0n) is 14.6. The monoisotopic (exact) mass is 373 g/mol. The Bertz CT molecular complexity index is 809. The van der Waals surface area contributed by atoms with Crippen molar-refractivity contribution in [2.45, 2.75) is 19.4 Å². The van der Waals surface area contributed by atoms with Crippen LogP contribution < -0.4 is 9.64 Å². The first-order valence-electron chi connectivity index (χ1n) is 8.40. The van der Waals surface area contributed by atoms with Crippen molar-refractivity contribution >= 4 is 29.2 Å². The largest absolute Gasteiger partial charge is 0.492 e. The maximum atomic E-state index is 12.5. The molecule has 5 nitrogen and oxygen atoms in total. The van der Waals surface area contributed by atoms with Gasteiger partial charge in [-0.05, 0) is 49.2 Å². The average molecular weight is 374 g/mol. The van der Waals surface area contributed by atoms with Crippen LogP contribution in [0.2, 0.25) is 5.02 Å². The van der Waals surface area contributed by atoms with E-state index in [4.69, 9.17) is 21.1 Å². The van der Waals surface area contributed by atoms with E-state index in [0.29, 0.717) is 11.4 Å². The second kappa shape index (κ2) is 7.79. The summed E-state index contributed by atoms with van der Waals surface area (Å²) in [5, 5.41) is 0.592. The highest BCUT2D eigenvalue weighted by Gasteiger charge is 2.31. The molecule has 2 aromatic carbocycles. The minimum atomic E-state index is -0.881. The molecule has 3 rings (SSSR count). The van der Waals surface area contributed by atoms with Gasteiger partial charge in [-0.2, -0.15) is 0 Å². The van der Waals surface area contributed by atoms with Gasteiger partial charge in [0.1, 0.15) is 12.4 Å². The van der Waals surface area contributed by atoms with Crippen molar-refractivity contribution in [1.29, 1.82) is 0 Å². The maximum Gasteiger partial charge on any atom is 0.313 e. The van der Waals surface area contributed by atoms with Gasteiger partial charge in [0, 0.05) is 17.8 Å². The molecular formula is C20H20ClNO4. The molecule has 0 spiro atoms. The Kier molecular flexibility index (Phi) is 5.47. The van der Waals surface area contributed by atoms with Crippen molar-refractivity contribution in [3.63, 3.8) is 0 Å². The zero-order chi connectivity index (χ0) is 18.7. The van der Waals surface area contributed by atoms with Gasteiger partial charge in [-0.15, -0.1) is 0 Å². The Hall–Kier alpha value is -2.53. The molecule has 0 bridgehead atoms. The molecule has 0 unspecified atom stereocenters. The fraction of sp³-hybridized carbons (Fsp3) is 0.300. The quantitative estimate of drug-likeness (QED) is 0.770. The van der Waals surface area contributed by atoms with Crippen molar-refractivity contribution < 1.29 is 19.1 Å². The molecule has 0 fully saturated rings. The van der Waals surface area contributed by atoms with Gasteiger partial charge in [-0.3, -0.25) is 9.59 Å². The third kappa shape index (κ3) is 3.99. The number of esters is 1. The Labute approximate surface area is 157 Å². The van der Waals surface area contributed by atoms with Gasteiger partial charge in [-0.25, -0.2) is 0 Å². The summed E-state index contributed by atoms with van der Waals surface area (Å²) in [6, 6.07) is 14.5. The molecule has 0 saturated carbocycles. The minimum Gasteiger partial charge on any atom is -0.492 e. The van der Waals surface area contributed by atoms with Crippen LogP contribution in [0.3, 0.4) is 0 Å². The highest BCUT2D eigenvalue weighted by atomic mass is 35.5. The van der Waals surface area contributed by atoms with Crippen molar-refractivity contribution in [1.82, 2.24) is 0 Å². The minimum absolute atomic E-state index is 0.225. The van der Waals surface area contributed by atoms with Gasteiger partial charge in [0.2, 0.25) is 0 Å². The number of ether oxygens (including phenoxy) is 2. The Morgan fingerprint density at radius 1 is 1.23 bits per heavy atom. The third-order valence-electron chi connectivity index (χ3n) is 4.38. The third-order valence-corrected chi connectivity index (χ3v) is 4.61. The highest BCUT2D eigenvalue weighted by molar-refractivity contribution is 6.30. The standard InChI is InChI=1S/C20H20ClNO4/c1-13(19(23)22(2)17-6-4-3-5-7-17)26-20(24)15-10-14-11-16(21)8-9-18(14)25-12-15/h3-9,11,13,15H,10,12H2,1-2H3/t13-,15+/m0/s1. The van der Waals surface area contributed by atoms with Gasteiger partial charge < -0.3 is 14.4 Å². The number of rotatable bonds is 4. The number of hydrogen-bond acceptors (Lipinski definition) is 4. The van der Waals surface area contributed by atoms with Gasteiger partial charge in [-0.1, -0.05) is 29.8 Å². The lowest BCUT2D eigenvalue weighted by molar-refractivity contribution is -0.159. The maximum absolute atomic E-state index is 12.5. The lowest BCUT2D eigenvalue weighted by Crippen LogP contribution is -2.40. The molecule has 1 amide bonds. The van der Waals surface area contributed by atoms with E-state index in [1.165, 1.54) is 4.90 Å². The van der Waals surface area contributed by atoms with E-state index < -0.39 is 18.0 Å². The van der Waals surface area contributed by atoms with Crippen molar-refractivity contribution in [3.05, 3.63) is 59.1 Å². The number of anilines is 1. The van der Waals surface area contributed by atoms with E-state index in [1.54, 1.807) is 32.2 Å². The summed E-state index contributed by atoms with van der Waals surface area (Å²) in [4.78, 5) is 26.4. The number of fused-ring (bicyclic) bond motifs is 1. The molecule has 2 aromatic rings. The van der Waals surface area contributed by atoms with E-state index >= 15 is 0 Å². The summed E-state index contributed by atoms with van der Waals surface area (Å²) >= 11 is 6.00. The highest BCUT2D eigenvalue weighted by Crippen LogP contribution is 2.30. The number of nitrogens with zero attached hydrogens (tertiary/aromatic N) is 1. The van der Waals surface area contributed by atoms with Crippen LogP contribution in [0.1, 0.15) is 12.5 Å². The van der Waals surface area contributed by atoms with Gasteiger partial charge >= 0.3 is 5.97 Å². The predicted octanol–water partition coefficient (Wildman–Crippen LogP) is 3.49. The molecule has 0 radical (unpaired) electrons. The Balaban J connectivity index is 1.62. The summed E-state index contributed by atoms with van der Waals surface area (Å²) in [5.41, 5.74) is 1.61. The number of benzene rings is 2. The summed E-state index contributed by atoms with van der Waals surface area (Å²) in [6.07, 6.45) is -0.405. The van der Waals surface area contributed by atoms with Gasteiger partial charge in [0.15, 0.2) is 6.10 Å². The molecule has 0 saturated heterocycles. The van der Waals surface area contributed by atoms with E-state index in [1.807, 2.05) is 30.3 Å². The first kappa shape index (κ1) is 18.3. The van der Waals surface area contributed by atoms with Crippen molar-refractivity contribution in [2.75, 3.05) is 18.6 Å². The molecule has 26 heavy (non-hydrogen) atoms. The lowest BCUT2D eigenvalue weighted by atomic mass is 9.97. The number of halogens is 1. The number of carbonyl (C=O) groups excluding carboxylic acids is 2. The first-order valence-corrected chi connectivity index (χ1v) is 8.78. The van der Waals surface area contributed by atoms with Crippen LogP contribution in [0.25, 0.3) is 0 Å². The Morgan fingerprint density at radius 3 is 2.69 bits per heavy atom.